The van der Waals surface area contributed by atoms with Crippen molar-refractivity contribution in [2.24, 2.45) is 0 Å². The van der Waals surface area contributed by atoms with Gasteiger partial charge in [0.05, 0.1) is 5.75 Å². The van der Waals surface area contributed by atoms with Gasteiger partial charge in [-0.1, -0.05) is 12.1 Å². The highest BCUT2D eigenvalue weighted by molar-refractivity contribution is 7.86. The summed E-state index contributed by atoms with van der Waals surface area (Å²) in [6, 6.07) is 6.39. The monoisotopic (exact) mass is 218 g/mol. The molecule has 0 atom stereocenters. The Morgan fingerprint density at radius 3 is 2.29 bits per heavy atom. The molecule has 0 spiro atoms. The molecule has 0 amide bonds. The smallest absolute Gasteiger partial charge is 0.302 e. The van der Waals surface area contributed by atoms with Crippen molar-refractivity contribution in [2.45, 2.75) is 12.8 Å². The average Bonchev–Trinajstić information content (AvgIpc) is 2.06. The lowest BCUT2D eigenvalue weighted by molar-refractivity contribution is 0.475. The van der Waals surface area contributed by atoms with Crippen molar-refractivity contribution in [3.05, 3.63) is 29.8 Å². The quantitative estimate of drug-likeness (QED) is 0.781. The van der Waals surface area contributed by atoms with Gasteiger partial charge in [-0.3, -0.25) is 0 Å². The van der Waals surface area contributed by atoms with Crippen LogP contribution in [0.1, 0.15) is 12.0 Å². The van der Waals surface area contributed by atoms with Gasteiger partial charge < -0.3 is 5.11 Å². The van der Waals surface area contributed by atoms with Gasteiger partial charge in [-0.05, 0) is 30.5 Å². The molecule has 0 saturated carbocycles. The van der Waals surface area contributed by atoms with Crippen molar-refractivity contribution in [3.63, 3.8) is 0 Å². The molecule has 3 nitrogen and oxygen atoms in total. The second-order valence-corrected chi connectivity index (χ2v) is 4.50. The first-order valence-electron chi connectivity index (χ1n) is 4.17. The topological polar surface area (TPSA) is 54.4 Å². The van der Waals surface area contributed by atoms with E-state index in [1.54, 1.807) is 12.1 Å². The molecule has 0 heterocycles. The van der Waals surface area contributed by atoms with Crippen molar-refractivity contribution in [3.8, 4) is 5.75 Å². The number of aromatic hydroxyl groups is 1. The highest BCUT2D eigenvalue weighted by Crippen LogP contribution is 2.11. The number of benzene rings is 1. The van der Waals surface area contributed by atoms with Crippen LogP contribution >= 0.6 is 0 Å². The maximum atomic E-state index is 12.1. The van der Waals surface area contributed by atoms with Crippen LogP contribution < -0.4 is 0 Å². The lowest BCUT2D eigenvalue weighted by atomic mass is 10.1. The molecule has 1 aromatic carbocycles. The zero-order valence-electron chi connectivity index (χ0n) is 7.48. The van der Waals surface area contributed by atoms with E-state index >= 15 is 0 Å². The van der Waals surface area contributed by atoms with Gasteiger partial charge in [0.1, 0.15) is 5.75 Å². The summed E-state index contributed by atoms with van der Waals surface area (Å²) in [5.41, 5.74) is 0.881. The van der Waals surface area contributed by atoms with Crippen LogP contribution in [0.15, 0.2) is 24.3 Å². The van der Waals surface area contributed by atoms with Crippen molar-refractivity contribution < 1.29 is 17.4 Å². The van der Waals surface area contributed by atoms with Gasteiger partial charge in [0.2, 0.25) is 0 Å². The zero-order valence-corrected chi connectivity index (χ0v) is 8.30. The Bertz CT molecular complexity index is 383. The van der Waals surface area contributed by atoms with Crippen LogP contribution in [-0.4, -0.2) is 19.3 Å². The maximum Gasteiger partial charge on any atom is 0.302 e. The summed E-state index contributed by atoms with van der Waals surface area (Å²) < 4.78 is 32.4. The molecule has 1 N–H and O–H groups in total. The third-order valence-corrected chi connectivity index (χ3v) is 2.57. The summed E-state index contributed by atoms with van der Waals surface area (Å²) in [5.74, 6) is -0.291. The number of phenols is 1. The molecule has 0 bridgehead atoms. The van der Waals surface area contributed by atoms with E-state index in [4.69, 9.17) is 5.11 Å². The predicted octanol–water partition coefficient (Wildman–Crippen LogP) is 1.62. The molecule has 0 aliphatic heterocycles. The normalized spacial score (nSPS) is 11.5. The molecule has 0 fully saturated rings. The van der Waals surface area contributed by atoms with Crippen LogP contribution in [0.3, 0.4) is 0 Å². The standard InChI is InChI=1S/C9H11FO3S/c10-14(12,13)7-1-2-8-3-5-9(11)6-4-8/h3-6,11H,1-2,7H2. The second kappa shape index (κ2) is 4.41. The first-order chi connectivity index (χ1) is 6.47. The third kappa shape index (κ3) is 4.23. The predicted molar refractivity (Wildman–Crippen MR) is 51.3 cm³/mol. The number of hydrogen-bond acceptors (Lipinski definition) is 3. The molecular weight excluding hydrogens is 207 g/mol. The highest BCUT2D eigenvalue weighted by Gasteiger charge is 2.06. The SMILES string of the molecule is O=S(=O)(F)CCCc1ccc(O)cc1. The fraction of sp³-hybridized carbons (Fsp3) is 0.333. The lowest BCUT2D eigenvalue weighted by Gasteiger charge is -1.99. The minimum absolute atomic E-state index is 0.159. The van der Waals surface area contributed by atoms with E-state index in [1.807, 2.05) is 0 Å². The molecular formula is C9H11FO3S. The molecule has 78 valence electrons. The van der Waals surface area contributed by atoms with Crippen molar-refractivity contribution in [1.82, 2.24) is 0 Å². The van der Waals surface area contributed by atoms with Crippen molar-refractivity contribution in [2.75, 3.05) is 5.75 Å². The molecule has 1 rings (SSSR count). The van der Waals surface area contributed by atoms with Gasteiger partial charge >= 0.3 is 10.2 Å². The first kappa shape index (κ1) is 11.0. The Kier molecular flexibility index (Phi) is 3.46. The van der Waals surface area contributed by atoms with E-state index in [1.165, 1.54) is 12.1 Å². The van der Waals surface area contributed by atoms with Crippen LogP contribution in [0.4, 0.5) is 3.89 Å². The summed E-state index contributed by atoms with van der Waals surface area (Å²) in [5, 5.41) is 8.96. The van der Waals surface area contributed by atoms with Crippen LogP contribution in [-0.2, 0) is 16.6 Å². The van der Waals surface area contributed by atoms with Crippen LogP contribution in [0.5, 0.6) is 5.75 Å². The number of halogens is 1. The molecule has 0 aliphatic rings. The highest BCUT2D eigenvalue weighted by atomic mass is 32.3. The van der Waals surface area contributed by atoms with Crippen molar-refractivity contribution in [1.29, 1.82) is 0 Å². The summed E-state index contributed by atoms with van der Waals surface area (Å²) in [7, 11) is -4.35. The second-order valence-electron chi connectivity index (χ2n) is 3.01. The van der Waals surface area contributed by atoms with Gasteiger partial charge in [-0.15, -0.1) is 3.89 Å². The third-order valence-electron chi connectivity index (χ3n) is 1.79. The summed E-state index contributed by atoms with van der Waals surface area (Å²) in [6.45, 7) is 0. The van der Waals surface area contributed by atoms with Crippen LogP contribution in [0.25, 0.3) is 0 Å². The number of aryl methyl sites for hydroxylation is 1. The number of hydrogen-bond donors (Lipinski definition) is 1. The zero-order chi connectivity index (χ0) is 10.6. The molecule has 5 heteroatoms. The first-order valence-corrected chi connectivity index (χ1v) is 5.73. The van der Waals surface area contributed by atoms with E-state index in [0.717, 1.165) is 5.56 Å². The Morgan fingerprint density at radius 1 is 1.21 bits per heavy atom. The fourth-order valence-electron chi connectivity index (χ4n) is 1.11. The van der Waals surface area contributed by atoms with Gasteiger partial charge in [0, 0.05) is 0 Å². The van der Waals surface area contributed by atoms with Crippen LogP contribution in [0.2, 0.25) is 0 Å². The van der Waals surface area contributed by atoms with Gasteiger partial charge in [-0.25, -0.2) is 0 Å². The van der Waals surface area contributed by atoms with E-state index in [-0.39, 0.29) is 12.2 Å². The minimum Gasteiger partial charge on any atom is -0.508 e. The number of rotatable bonds is 4. The largest absolute Gasteiger partial charge is 0.508 e. The van der Waals surface area contributed by atoms with E-state index < -0.39 is 16.0 Å². The van der Waals surface area contributed by atoms with Gasteiger partial charge in [0.15, 0.2) is 0 Å². The Hall–Kier alpha value is -1.10. The molecule has 0 saturated heterocycles. The van der Waals surface area contributed by atoms with Gasteiger partial charge in [0.25, 0.3) is 0 Å². The van der Waals surface area contributed by atoms with Crippen LogP contribution in [0, 0.1) is 0 Å². The summed E-state index contributed by atoms with van der Waals surface area (Å²) in [4.78, 5) is 0. The minimum atomic E-state index is -4.35. The lowest BCUT2D eigenvalue weighted by Crippen LogP contribution is -1.99. The average molecular weight is 218 g/mol. The molecule has 0 aromatic heterocycles. The molecule has 1 aromatic rings. The molecule has 14 heavy (non-hydrogen) atoms. The van der Waals surface area contributed by atoms with Crippen molar-refractivity contribution >= 4 is 10.2 Å². The van der Waals surface area contributed by atoms with E-state index in [9.17, 15) is 12.3 Å². The summed E-state index contributed by atoms with van der Waals surface area (Å²) >= 11 is 0. The fourth-order valence-corrected chi connectivity index (χ4v) is 1.60. The molecule has 0 aliphatic carbocycles. The Morgan fingerprint density at radius 2 is 1.79 bits per heavy atom. The summed E-state index contributed by atoms with van der Waals surface area (Å²) in [6.07, 6.45) is 0.743. The maximum absolute atomic E-state index is 12.1. The van der Waals surface area contributed by atoms with Gasteiger partial charge in [-0.2, -0.15) is 8.42 Å². The number of phenolic OH excluding ortho intramolecular Hbond substituents is 1. The molecule has 0 unspecified atom stereocenters. The van der Waals surface area contributed by atoms with E-state index in [0.29, 0.717) is 6.42 Å². The Balaban J connectivity index is 2.43. The molecule has 0 radical (unpaired) electrons. The Labute approximate surface area is 82.4 Å². The van der Waals surface area contributed by atoms with E-state index in [2.05, 4.69) is 0 Å².